The Morgan fingerprint density at radius 2 is 2.50 bits per heavy atom. The van der Waals surface area contributed by atoms with Gasteiger partial charge in [0.1, 0.15) is 0 Å². The number of aliphatic imine (C=N–C) groups is 1. The van der Waals surface area contributed by atoms with Crippen LogP contribution in [-0.4, -0.2) is 23.8 Å². The van der Waals surface area contributed by atoms with Crippen LogP contribution in [0.1, 0.15) is 0 Å². The van der Waals surface area contributed by atoms with E-state index in [9.17, 15) is 5.11 Å². The van der Waals surface area contributed by atoms with E-state index in [0.29, 0.717) is 5.57 Å². The monoisotopic (exact) mass is 138 g/mol. The fraction of sp³-hybridized carbons (Fsp3) is 0.400. The van der Waals surface area contributed by atoms with Crippen LogP contribution in [0, 0.1) is 0 Å². The van der Waals surface area contributed by atoms with Gasteiger partial charge in [0.15, 0.2) is 12.4 Å². The van der Waals surface area contributed by atoms with Gasteiger partial charge in [-0.3, -0.25) is 0 Å². The van der Waals surface area contributed by atoms with Crippen molar-refractivity contribution in [2.75, 3.05) is 0 Å². The zero-order valence-corrected chi connectivity index (χ0v) is 5.10. The van der Waals surface area contributed by atoms with Crippen LogP contribution >= 0.6 is 0 Å². The van der Waals surface area contributed by atoms with E-state index in [1.54, 1.807) is 0 Å². The highest BCUT2D eigenvalue weighted by Gasteiger charge is 2.25. The molecule has 0 fully saturated rings. The molecule has 0 saturated heterocycles. The summed E-state index contributed by atoms with van der Waals surface area (Å²) in [6, 6.07) is 0. The van der Waals surface area contributed by atoms with Crippen molar-refractivity contribution in [3.8, 4) is 0 Å². The number of aliphatic hydroxyl groups excluding tert-OH is 1. The lowest BCUT2D eigenvalue weighted by Gasteiger charge is -2.18. The molecule has 2 rings (SSSR count). The summed E-state index contributed by atoms with van der Waals surface area (Å²) < 4.78 is 0. The number of nitrogens with one attached hydrogen (secondary N) is 1. The molecule has 52 valence electrons. The molecule has 0 spiro atoms. The number of hydrogen-bond acceptors (Lipinski definition) is 5. The summed E-state index contributed by atoms with van der Waals surface area (Å²) in [5.74, 6) is 0. The minimum atomic E-state index is -0.669. The van der Waals surface area contributed by atoms with E-state index in [-0.39, 0.29) is 6.17 Å². The summed E-state index contributed by atoms with van der Waals surface area (Å²) in [4.78, 5) is 3.92. The maximum absolute atomic E-state index is 9.19. The predicted molar refractivity (Wildman–Crippen MR) is 34.4 cm³/mol. The normalized spacial score (nSPS) is 35.1. The van der Waals surface area contributed by atoms with Crippen molar-refractivity contribution < 1.29 is 5.11 Å². The molecule has 2 aliphatic heterocycles. The van der Waals surface area contributed by atoms with E-state index in [2.05, 4.69) is 20.5 Å². The molecule has 2 atom stereocenters. The summed E-state index contributed by atoms with van der Waals surface area (Å²) >= 11 is 0. The van der Waals surface area contributed by atoms with E-state index in [1.165, 1.54) is 12.5 Å². The van der Waals surface area contributed by atoms with Gasteiger partial charge in [0.25, 0.3) is 0 Å². The van der Waals surface area contributed by atoms with Crippen molar-refractivity contribution in [3.63, 3.8) is 0 Å². The molecule has 0 amide bonds. The zero-order valence-electron chi connectivity index (χ0n) is 5.10. The van der Waals surface area contributed by atoms with Crippen molar-refractivity contribution in [3.05, 3.63) is 11.8 Å². The summed E-state index contributed by atoms with van der Waals surface area (Å²) in [5.41, 5.74) is 0.711. The number of rotatable bonds is 0. The van der Waals surface area contributed by atoms with Gasteiger partial charge in [-0.25, -0.2) is 4.99 Å². The summed E-state index contributed by atoms with van der Waals surface area (Å²) in [7, 11) is 0. The smallest absolute Gasteiger partial charge is 0.189 e. The van der Waals surface area contributed by atoms with Gasteiger partial charge in [-0.1, -0.05) is 0 Å². The van der Waals surface area contributed by atoms with E-state index in [0.717, 1.165) is 0 Å². The molecule has 0 radical (unpaired) electrons. The molecule has 0 aromatic carbocycles. The predicted octanol–water partition coefficient (Wildman–Crippen LogP) is -0.388. The van der Waals surface area contributed by atoms with Gasteiger partial charge in [-0.05, 0) is 0 Å². The molecule has 0 unspecified atom stereocenters. The SMILES string of the molecule is O[C@H]1NC=N[C@H]2N=NC=C21. The lowest BCUT2D eigenvalue weighted by atomic mass is 10.2. The van der Waals surface area contributed by atoms with Crippen LogP contribution in [-0.2, 0) is 0 Å². The van der Waals surface area contributed by atoms with Crippen LogP contribution in [0.2, 0.25) is 0 Å². The fourth-order valence-electron chi connectivity index (χ4n) is 0.905. The Kier molecular flexibility index (Phi) is 1.04. The molecule has 0 saturated carbocycles. The molecule has 10 heavy (non-hydrogen) atoms. The summed E-state index contributed by atoms with van der Waals surface area (Å²) in [5, 5.41) is 19.2. The van der Waals surface area contributed by atoms with Gasteiger partial charge < -0.3 is 10.4 Å². The number of azo groups is 1. The molecule has 0 aromatic rings. The number of nitrogens with zero attached hydrogens (tertiary/aromatic N) is 3. The minimum Gasteiger partial charge on any atom is -0.370 e. The fourth-order valence-corrected chi connectivity index (χ4v) is 0.905. The lowest BCUT2D eigenvalue weighted by Crippen LogP contribution is -2.36. The Morgan fingerprint density at radius 1 is 1.60 bits per heavy atom. The van der Waals surface area contributed by atoms with Crippen LogP contribution in [0.25, 0.3) is 0 Å². The van der Waals surface area contributed by atoms with E-state index in [4.69, 9.17) is 0 Å². The van der Waals surface area contributed by atoms with Gasteiger partial charge in [0.05, 0.1) is 12.5 Å². The van der Waals surface area contributed by atoms with Crippen LogP contribution in [0.15, 0.2) is 27.0 Å². The van der Waals surface area contributed by atoms with Gasteiger partial charge in [-0.2, -0.15) is 10.2 Å². The van der Waals surface area contributed by atoms with Crippen LogP contribution in [0.4, 0.5) is 0 Å². The third-order valence-electron chi connectivity index (χ3n) is 1.44. The second-order valence-corrected chi connectivity index (χ2v) is 2.08. The molecule has 2 N–H and O–H groups in total. The highest BCUT2D eigenvalue weighted by Crippen LogP contribution is 2.19. The van der Waals surface area contributed by atoms with Crippen molar-refractivity contribution in [2.24, 2.45) is 15.2 Å². The topological polar surface area (TPSA) is 69.3 Å². The highest BCUT2D eigenvalue weighted by molar-refractivity contribution is 5.58. The van der Waals surface area contributed by atoms with Gasteiger partial charge in [-0.15, -0.1) is 0 Å². The third kappa shape index (κ3) is 0.640. The first-order valence-corrected chi connectivity index (χ1v) is 2.93. The highest BCUT2D eigenvalue weighted by atomic mass is 16.3. The molecular weight excluding hydrogens is 132 g/mol. The largest absolute Gasteiger partial charge is 0.370 e. The van der Waals surface area contributed by atoms with E-state index < -0.39 is 6.23 Å². The maximum Gasteiger partial charge on any atom is 0.189 e. The first-order valence-electron chi connectivity index (χ1n) is 2.93. The standard InChI is InChI=1S/C5H6N4O/c10-5-3-1-8-9-4(3)6-2-7-5/h1-2,4-5,10H,(H,6,7)/t4-,5+/m0/s1. The Balaban J connectivity index is 2.32. The van der Waals surface area contributed by atoms with Crippen LogP contribution < -0.4 is 5.32 Å². The van der Waals surface area contributed by atoms with Crippen molar-refractivity contribution in [1.82, 2.24) is 5.32 Å². The van der Waals surface area contributed by atoms with Crippen molar-refractivity contribution >= 4 is 6.34 Å². The second kappa shape index (κ2) is 1.88. The average Bonchev–Trinajstić information content (AvgIpc) is 2.36. The molecule has 0 bridgehead atoms. The number of aliphatic hydroxyl groups is 1. The molecule has 5 nitrogen and oxygen atoms in total. The molecule has 0 aliphatic carbocycles. The number of hydrogen-bond donors (Lipinski definition) is 2. The molecular formula is C5H6N4O. The quantitative estimate of drug-likeness (QED) is 0.478. The van der Waals surface area contributed by atoms with Crippen LogP contribution in [0.5, 0.6) is 0 Å². The Hall–Kier alpha value is -1.23. The Bertz CT molecular complexity index is 232. The molecule has 2 heterocycles. The molecule has 5 heteroatoms. The van der Waals surface area contributed by atoms with Gasteiger partial charge in [0.2, 0.25) is 0 Å². The molecule has 2 aliphatic rings. The van der Waals surface area contributed by atoms with Crippen LogP contribution in [0.3, 0.4) is 0 Å². The summed E-state index contributed by atoms with van der Waals surface area (Å²) in [6.45, 7) is 0. The first kappa shape index (κ1) is 5.55. The Morgan fingerprint density at radius 3 is 3.30 bits per heavy atom. The second-order valence-electron chi connectivity index (χ2n) is 2.08. The van der Waals surface area contributed by atoms with Gasteiger partial charge >= 0.3 is 0 Å². The van der Waals surface area contributed by atoms with Crippen molar-refractivity contribution in [2.45, 2.75) is 12.4 Å². The van der Waals surface area contributed by atoms with Gasteiger partial charge in [0, 0.05) is 5.57 Å². The first-order chi connectivity index (χ1) is 4.88. The third-order valence-corrected chi connectivity index (χ3v) is 1.44. The maximum atomic E-state index is 9.19. The minimum absolute atomic E-state index is 0.281. The number of fused-ring (bicyclic) bond motifs is 1. The lowest BCUT2D eigenvalue weighted by molar-refractivity contribution is 0.187. The van der Waals surface area contributed by atoms with E-state index in [1.807, 2.05) is 0 Å². The summed E-state index contributed by atoms with van der Waals surface area (Å²) in [6.07, 6.45) is 2.02. The van der Waals surface area contributed by atoms with Crippen molar-refractivity contribution in [1.29, 1.82) is 0 Å². The Labute approximate surface area is 57.2 Å². The zero-order chi connectivity index (χ0) is 6.97. The molecule has 0 aromatic heterocycles. The average molecular weight is 138 g/mol. The van der Waals surface area contributed by atoms with E-state index >= 15 is 0 Å².